The molecule has 7 nitrogen and oxygen atoms in total. The predicted molar refractivity (Wildman–Crippen MR) is 128 cm³/mol. The summed E-state index contributed by atoms with van der Waals surface area (Å²) in [6, 6.07) is 8.00. The molecule has 0 aliphatic carbocycles. The van der Waals surface area contributed by atoms with E-state index < -0.39 is 6.04 Å². The highest BCUT2D eigenvalue weighted by Gasteiger charge is 2.43. The minimum absolute atomic E-state index is 0.0638. The van der Waals surface area contributed by atoms with E-state index in [1.807, 2.05) is 21.0 Å². The zero-order valence-electron chi connectivity index (χ0n) is 19.4. The number of aryl methyl sites for hydroxylation is 1. The topological polar surface area (TPSA) is 72.2 Å². The van der Waals surface area contributed by atoms with E-state index in [1.54, 1.807) is 49.5 Å². The van der Waals surface area contributed by atoms with Gasteiger partial charge in [-0.3, -0.25) is 9.59 Å². The Morgan fingerprint density at radius 1 is 1.12 bits per heavy atom. The van der Waals surface area contributed by atoms with Crippen molar-refractivity contribution in [3.05, 3.63) is 68.0 Å². The SMILES string of the molecule is COc1ccc(OC)c(C2c3c(oc4cc(C)c(Cl)cc4c3=O)C(=O)N2CCCN(C)C)c1. The summed E-state index contributed by atoms with van der Waals surface area (Å²) in [6.45, 7) is 3.07. The van der Waals surface area contributed by atoms with Crippen molar-refractivity contribution in [3.63, 3.8) is 0 Å². The molecule has 0 saturated carbocycles. The standard InChI is InChI=1S/C25H27ClN2O5/c1-14-11-20-17(13-18(14)26)23(29)21-22(16-12-15(31-4)7-8-19(16)32-5)28(10-6-9-27(2)3)25(30)24(21)33-20/h7-8,11-13,22H,6,9-10H2,1-5H3. The third-order valence-electron chi connectivity index (χ3n) is 5.98. The second-order valence-corrected chi connectivity index (χ2v) is 8.84. The lowest BCUT2D eigenvalue weighted by molar-refractivity contribution is 0.0720. The second kappa shape index (κ2) is 9.08. The molecule has 0 saturated heterocycles. The van der Waals surface area contributed by atoms with E-state index in [1.165, 1.54) is 0 Å². The highest BCUT2D eigenvalue weighted by molar-refractivity contribution is 6.32. The van der Waals surface area contributed by atoms with Gasteiger partial charge in [0.1, 0.15) is 17.1 Å². The molecule has 0 N–H and O–H groups in total. The first-order valence-electron chi connectivity index (χ1n) is 10.7. The van der Waals surface area contributed by atoms with Crippen LogP contribution in [0.4, 0.5) is 0 Å². The molecule has 1 atom stereocenters. The molecule has 0 fully saturated rings. The molecule has 174 valence electrons. The first-order chi connectivity index (χ1) is 15.8. The Balaban J connectivity index is 1.96. The summed E-state index contributed by atoms with van der Waals surface area (Å²) in [7, 11) is 7.09. The van der Waals surface area contributed by atoms with Crippen LogP contribution in [-0.2, 0) is 0 Å². The van der Waals surface area contributed by atoms with Gasteiger partial charge in [0.05, 0.1) is 31.2 Å². The van der Waals surface area contributed by atoms with Gasteiger partial charge in [-0.05, 0) is 69.9 Å². The van der Waals surface area contributed by atoms with Gasteiger partial charge >= 0.3 is 0 Å². The van der Waals surface area contributed by atoms with Gasteiger partial charge in [-0.15, -0.1) is 0 Å². The van der Waals surface area contributed by atoms with Crippen molar-refractivity contribution in [1.82, 2.24) is 9.80 Å². The molecule has 1 amide bonds. The Labute approximate surface area is 197 Å². The fourth-order valence-electron chi connectivity index (χ4n) is 4.31. The Morgan fingerprint density at radius 2 is 1.88 bits per heavy atom. The van der Waals surface area contributed by atoms with Gasteiger partial charge in [-0.2, -0.15) is 0 Å². The minimum atomic E-state index is -0.666. The molecule has 8 heteroatoms. The number of amides is 1. The lowest BCUT2D eigenvalue weighted by Gasteiger charge is -2.27. The van der Waals surface area contributed by atoms with Gasteiger partial charge in [0.15, 0.2) is 5.43 Å². The van der Waals surface area contributed by atoms with Crippen molar-refractivity contribution in [2.75, 3.05) is 41.4 Å². The van der Waals surface area contributed by atoms with E-state index in [0.29, 0.717) is 45.2 Å². The number of fused-ring (bicyclic) bond motifs is 2. The molecule has 2 heterocycles. The van der Waals surface area contributed by atoms with E-state index in [9.17, 15) is 9.59 Å². The molecular weight excluding hydrogens is 444 g/mol. The van der Waals surface area contributed by atoms with Gasteiger partial charge in [0.25, 0.3) is 5.91 Å². The van der Waals surface area contributed by atoms with Crippen molar-refractivity contribution in [2.45, 2.75) is 19.4 Å². The van der Waals surface area contributed by atoms with E-state index >= 15 is 0 Å². The van der Waals surface area contributed by atoms with Gasteiger partial charge in [-0.25, -0.2) is 0 Å². The minimum Gasteiger partial charge on any atom is -0.497 e. The van der Waals surface area contributed by atoms with Crippen LogP contribution < -0.4 is 14.9 Å². The first-order valence-corrected chi connectivity index (χ1v) is 11.1. The van der Waals surface area contributed by atoms with Gasteiger partial charge < -0.3 is 23.7 Å². The molecule has 1 aliphatic rings. The molecule has 2 aromatic carbocycles. The Kier molecular flexibility index (Phi) is 6.36. The van der Waals surface area contributed by atoms with Crippen LogP contribution in [0.1, 0.15) is 39.7 Å². The van der Waals surface area contributed by atoms with E-state index in [-0.39, 0.29) is 17.1 Å². The zero-order valence-corrected chi connectivity index (χ0v) is 20.2. The number of benzene rings is 2. The van der Waals surface area contributed by atoms with E-state index in [0.717, 1.165) is 18.5 Å². The Hall–Kier alpha value is -3.03. The normalized spacial score (nSPS) is 15.4. The molecule has 33 heavy (non-hydrogen) atoms. The smallest absolute Gasteiger partial charge is 0.290 e. The predicted octanol–water partition coefficient (Wildman–Crippen LogP) is 4.27. The van der Waals surface area contributed by atoms with Crippen LogP contribution in [0.15, 0.2) is 39.5 Å². The van der Waals surface area contributed by atoms with Crippen molar-refractivity contribution in [1.29, 1.82) is 0 Å². The fraction of sp³-hybridized carbons (Fsp3) is 0.360. The first kappa shape index (κ1) is 23.1. The van der Waals surface area contributed by atoms with Gasteiger partial charge in [0, 0.05) is 17.1 Å². The second-order valence-electron chi connectivity index (χ2n) is 8.44. The summed E-state index contributed by atoms with van der Waals surface area (Å²) in [5.74, 6) is 0.906. The lowest BCUT2D eigenvalue weighted by atomic mass is 9.97. The molecule has 4 rings (SSSR count). The van der Waals surface area contributed by atoms with E-state index in [4.69, 9.17) is 25.5 Å². The lowest BCUT2D eigenvalue weighted by Crippen LogP contribution is -2.32. The van der Waals surface area contributed by atoms with Crippen molar-refractivity contribution < 1.29 is 18.7 Å². The molecule has 3 aromatic rings. The number of carbonyl (C=O) groups excluding carboxylic acids is 1. The van der Waals surface area contributed by atoms with Crippen LogP contribution in [0.2, 0.25) is 5.02 Å². The third kappa shape index (κ3) is 4.07. The van der Waals surface area contributed by atoms with Crippen LogP contribution in [0.3, 0.4) is 0 Å². The largest absolute Gasteiger partial charge is 0.497 e. The van der Waals surface area contributed by atoms with Crippen molar-refractivity contribution in [2.24, 2.45) is 0 Å². The number of hydrogen-bond acceptors (Lipinski definition) is 6. The number of rotatable bonds is 7. The van der Waals surface area contributed by atoms with Crippen LogP contribution in [0.25, 0.3) is 11.0 Å². The maximum Gasteiger partial charge on any atom is 0.290 e. The number of carbonyl (C=O) groups is 1. The Morgan fingerprint density at radius 3 is 2.55 bits per heavy atom. The van der Waals surface area contributed by atoms with Gasteiger partial charge in [0.2, 0.25) is 5.76 Å². The quantitative estimate of drug-likeness (QED) is 0.513. The molecule has 0 radical (unpaired) electrons. The van der Waals surface area contributed by atoms with Crippen molar-refractivity contribution in [3.8, 4) is 11.5 Å². The Bertz CT molecular complexity index is 1280. The molecule has 0 spiro atoms. The van der Waals surface area contributed by atoms with Crippen LogP contribution in [0.5, 0.6) is 11.5 Å². The third-order valence-corrected chi connectivity index (χ3v) is 6.39. The number of ether oxygens (including phenoxy) is 2. The molecule has 1 aromatic heterocycles. The molecule has 1 aliphatic heterocycles. The average molecular weight is 471 g/mol. The summed E-state index contributed by atoms with van der Waals surface area (Å²) in [5, 5.41) is 0.816. The van der Waals surface area contributed by atoms with Gasteiger partial charge in [-0.1, -0.05) is 11.6 Å². The number of halogens is 1. The van der Waals surface area contributed by atoms with Crippen LogP contribution in [0, 0.1) is 6.92 Å². The maximum absolute atomic E-state index is 13.7. The summed E-state index contributed by atoms with van der Waals surface area (Å²) in [5.41, 5.74) is 1.81. The molecular formula is C25H27ClN2O5. The summed E-state index contributed by atoms with van der Waals surface area (Å²) in [6.07, 6.45) is 0.730. The summed E-state index contributed by atoms with van der Waals surface area (Å²) < 4.78 is 17.1. The maximum atomic E-state index is 13.7. The number of hydrogen-bond donors (Lipinski definition) is 0. The van der Waals surface area contributed by atoms with Crippen LogP contribution >= 0.6 is 11.6 Å². The monoisotopic (exact) mass is 470 g/mol. The van der Waals surface area contributed by atoms with Crippen LogP contribution in [-0.4, -0.2) is 57.1 Å². The average Bonchev–Trinajstić information content (AvgIpc) is 3.06. The van der Waals surface area contributed by atoms with Crippen molar-refractivity contribution >= 4 is 28.5 Å². The highest BCUT2D eigenvalue weighted by Crippen LogP contribution is 2.43. The number of nitrogens with zero attached hydrogens (tertiary/aromatic N) is 2. The zero-order chi connectivity index (χ0) is 23.9. The molecule has 0 bridgehead atoms. The van der Waals surface area contributed by atoms with E-state index in [2.05, 4.69) is 4.90 Å². The summed E-state index contributed by atoms with van der Waals surface area (Å²) in [4.78, 5) is 31.0. The number of methoxy groups -OCH3 is 2. The fourth-order valence-corrected chi connectivity index (χ4v) is 4.47. The summed E-state index contributed by atoms with van der Waals surface area (Å²) >= 11 is 6.31. The molecule has 1 unspecified atom stereocenters. The highest BCUT2D eigenvalue weighted by atomic mass is 35.5.